The molecule has 0 radical (unpaired) electrons. The average molecular weight is 822 g/mol. The first kappa shape index (κ1) is 41.1. The van der Waals surface area contributed by atoms with Crippen LogP contribution < -0.4 is 10.6 Å². The van der Waals surface area contributed by atoms with Gasteiger partial charge in [0, 0.05) is 24.8 Å². The van der Waals surface area contributed by atoms with E-state index in [1.54, 1.807) is 28.6 Å². The van der Waals surface area contributed by atoms with Gasteiger partial charge in [0.25, 0.3) is 0 Å². The Labute approximate surface area is 347 Å². The van der Waals surface area contributed by atoms with Gasteiger partial charge in [-0.15, -0.1) is 11.3 Å². The third kappa shape index (κ3) is 8.87. The van der Waals surface area contributed by atoms with Crippen LogP contribution in [0.4, 0.5) is 9.59 Å². The summed E-state index contributed by atoms with van der Waals surface area (Å²) in [6.45, 7) is 8.79. The molecule has 310 valence electrons. The molecule has 2 aliphatic rings. The molecule has 4 atom stereocenters. The fraction of sp³-hybridized carbons (Fsp3) is 0.419. The molecular weight excluding hydrogens is 771 g/mol. The number of alkyl carbamates (subject to hydrolysis) is 2. The predicted molar refractivity (Wildman–Crippen MR) is 224 cm³/mol. The number of nitrogens with zero attached hydrogens (tertiary/aromatic N) is 5. The maximum atomic E-state index is 13.5. The van der Waals surface area contributed by atoms with Crippen LogP contribution in [0.5, 0.6) is 0 Å². The molecule has 5 aromatic rings. The van der Waals surface area contributed by atoms with Crippen molar-refractivity contribution in [3.63, 3.8) is 0 Å². The molecule has 59 heavy (non-hydrogen) atoms. The van der Waals surface area contributed by atoms with Crippen molar-refractivity contribution >= 4 is 35.3 Å². The first-order valence-electron chi connectivity index (χ1n) is 20.0. The molecule has 16 heteroatoms. The Kier molecular flexibility index (Phi) is 12.4. The van der Waals surface area contributed by atoms with Gasteiger partial charge in [0.05, 0.1) is 55.0 Å². The fourth-order valence-corrected chi connectivity index (χ4v) is 8.77. The van der Waals surface area contributed by atoms with E-state index in [2.05, 4.69) is 54.8 Å². The normalized spacial score (nSPS) is 17.6. The average Bonchev–Trinajstić information content (AvgIpc) is 4.10. The van der Waals surface area contributed by atoms with Crippen molar-refractivity contribution < 1.29 is 28.7 Å². The van der Waals surface area contributed by atoms with E-state index in [1.165, 1.54) is 14.2 Å². The third-order valence-corrected chi connectivity index (χ3v) is 12.2. The van der Waals surface area contributed by atoms with Crippen LogP contribution in [0.25, 0.3) is 43.5 Å². The van der Waals surface area contributed by atoms with Crippen LogP contribution in [-0.4, -0.2) is 98.1 Å². The van der Waals surface area contributed by atoms with E-state index < -0.39 is 24.3 Å². The highest BCUT2D eigenvalue weighted by molar-refractivity contribution is 7.18. The second-order valence-corrected chi connectivity index (χ2v) is 16.7. The van der Waals surface area contributed by atoms with E-state index in [1.807, 2.05) is 63.1 Å². The molecule has 0 bridgehead atoms. The Morgan fingerprint density at radius 1 is 0.644 bits per heavy atom. The van der Waals surface area contributed by atoms with E-state index in [0.29, 0.717) is 13.1 Å². The molecule has 3 aromatic heterocycles. The summed E-state index contributed by atoms with van der Waals surface area (Å²) in [7, 11) is 2.58. The lowest BCUT2D eigenvalue weighted by Crippen LogP contribution is -2.51. The minimum Gasteiger partial charge on any atom is -0.453 e. The van der Waals surface area contributed by atoms with Crippen molar-refractivity contribution in [1.82, 2.24) is 45.4 Å². The number of carbonyl (C=O) groups excluding carboxylic acids is 4. The number of benzene rings is 2. The van der Waals surface area contributed by atoms with E-state index in [4.69, 9.17) is 14.5 Å². The maximum Gasteiger partial charge on any atom is 0.407 e. The van der Waals surface area contributed by atoms with Crippen LogP contribution in [0.2, 0.25) is 0 Å². The van der Waals surface area contributed by atoms with Crippen molar-refractivity contribution in [2.75, 3.05) is 27.3 Å². The number of aromatic nitrogens is 5. The Balaban J connectivity index is 0.989. The van der Waals surface area contributed by atoms with E-state index in [9.17, 15) is 19.2 Å². The molecule has 15 nitrogen and oxygen atoms in total. The highest BCUT2D eigenvalue weighted by Gasteiger charge is 2.39. The molecule has 4 amide bonds. The lowest BCUT2D eigenvalue weighted by atomic mass is 10.0. The summed E-state index contributed by atoms with van der Waals surface area (Å²) in [6, 6.07) is 14.6. The number of carbonyl (C=O) groups is 4. The van der Waals surface area contributed by atoms with Crippen molar-refractivity contribution in [2.24, 2.45) is 11.8 Å². The highest BCUT2D eigenvalue weighted by Crippen LogP contribution is 2.37. The molecule has 0 unspecified atom stereocenters. The smallest absolute Gasteiger partial charge is 0.407 e. The summed E-state index contributed by atoms with van der Waals surface area (Å²) in [5.41, 5.74) is 5.69. The molecule has 2 saturated heterocycles. The molecule has 2 aliphatic heterocycles. The van der Waals surface area contributed by atoms with Gasteiger partial charge in [0.1, 0.15) is 28.7 Å². The number of H-pyrrole nitrogens is 2. The van der Waals surface area contributed by atoms with Gasteiger partial charge in [0.15, 0.2) is 0 Å². The van der Waals surface area contributed by atoms with Gasteiger partial charge < -0.3 is 39.9 Å². The van der Waals surface area contributed by atoms with Gasteiger partial charge in [-0.2, -0.15) is 0 Å². The Morgan fingerprint density at radius 3 is 1.49 bits per heavy atom. The van der Waals surface area contributed by atoms with Crippen LogP contribution >= 0.6 is 11.3 Å². The zero-order chi connectivity index (χ0) is 41.8. The number of hydrogen-bond acceptors (Lipinski definition) is 10. The number of hydrogen-bond donors (Lipinski definition) is 4. The fourth-order valence-electron chi connectivity index (χ4n) is 7.84. The standard InChI is InChI=1S/C43H51N9O6S/c1-24(2)35(49-42(55)57-5)40(53)51-19-7-9-32(51)37-44-21-30(47-37)26-11-15-28(16-12-26)34-23-46-39(59-34)29-17-13-27(14-18-29)31-22-45-38(48-31)33-10-8-20-52(33)41(54)36(25(3)4)50-43(56)58-6/h11-18,21-25,32-33,35-36H,7-10,19-20H2,1-6H3,(H,44,47)(H,45,48)(H,49,55)(H,50,56)/t32-,33-,35-,36-/m0/s1. The summed E-state index contributed by atoms with van der Waals surface area (Å²) < 4.78 is 9.52. The summed E-state index contributed by atoms with van der Waals surface area (Å²) in [5, 5.41) is 6.29. The molecule has 5 heterocycles. The Morgan fingerprint density at radius 2 is 1.07 bits per heavy atom. The second kappa shape index (κ2) is 17.9. The number of rotatable bonds is 12. The molecule has 0 saturated carbocycles. The van der Waals surface area contributed by atoms with E-state index in [0.717, 1.165) is 80.9 Å². The number of aromatic amines is 2. The van der Waals surface area contributed by atoms with E-state index >= 15 is 0 Å². The number of ether oxygens (including phenoxy) is 2. The van der Waals surface area contributed by atoms with Gasteiger partial charge in [-0.05, 0) is 54.2 Å². The first-order valence-corrected chi connectivity index (χ1v) is 20.8. The molecule has 4 N–H and O–H groups in total. The van der Waals surface area contributed by atoms with Crippen molar-refractivity contribution in [3.8, 4) is 43.5 Å². The maximum absolute atomic E-state index is 13.5. The van der Waals surface area contributed by atoms with Crippen molar-refractivity contribution in [3.05, 3.63) is 78.8 Å². The molecule has 2 fully saturated rings. The molecule has 2 aromatic carbocycles. The van der Waals surface area contributed by atoms with Crippen LogP contribution in [-0.2, 0) is 19.1 Å². The largest absolute Gasteiger partial charge is 0.453 e. The quantitative estimate of drug-likeness (QED) is 0.0999. The van der Waals surface area contributed by atoms with Gasteiger partial charge >= 0.3 is 12.2 Å². The monoisotopic (exact) mass is 821 g/mol. The number of imidazole rings is 2. The predicted octanol–water partition coefficient (Wildman–Crippen LogP) is 7.35. The molecular formula is C43H51N9O6S. The SMILES string of the molecule is COC(=O)N[C@H](C(=O)N1CCC[C@H]1c1ncc(-c2ccc(-c3cnc(-c4ccc(-c5cnc([C@@H]6CCCN6C(=O)[C@@H](NC(=O)OC)C(C)C)[nH]5)cc4)s3)cc2)[nH]1)C(C)C. The highest BCUT2D eigenvalue weighted by atomic mass is 32.1. The molecule has 0 aliphatic carbocycles. The van der Waals surface area contributed by atoms with Crippen LogP contribution in [0.15, 0.2) is 67.1 Å². The third-order valence-electron chi connectivity index (χ3n) is 11.1. The van der Waals surface area contributed by atoms with E-state index in [-0.39, 0.29) is 35.7 Å². The number of methoxy groups -OCH3 is 2. The van der Waals surface area contributed by atoms with Gasteiger partial charge in [-0.3, -0.25) is 9.59 Å². The van der Waals surface area contributed by atoms with Crippen LogP contribution in [0.1, 0.15) is 77.1 Å². The molecule has 0 spiro atoms. The zero-order valence-electron chi connectivity index (χ0n) is 34.2. The number of thiazole rings is 1. The Bertz CT molecular complexity index is 2110. The van der Waals surface area contributed by atoms with Crippen molar-refractivity contribution in [2.45, 2.75) is 77.5 Å². The van der Waals surface area contributed by atoms with Gasteiger partial charge in [0.2, 0.25) is 11.8 Å². The van der Waals surface area contributed by atoms with Crippen LogP contribution in [0, 0.1) is 11.8 Å². The second-order valence-electron chi connectivity index (χ2n) is 15.6. The van der Waals surface area contributed by atoms with Crippen LogP contribution in [0.3, 0.4) is 0 Å². The number of amides is 4. The summed E-state index contributed by atoms with van der Waals surface area (Å²) in [5.74, 6) is 0.946. The van der Waals surface area contributed by atoms with Gasteiger partial charge in [-0.25, -0.2) is 24.5 Å². The summed E-state index contributed by atoms with van der Waals surface area (Å²) >= 11 is 1.61. The number of nitrogens with one attached hydrogen (secondary N) is 4. The summed E-state index contributed by atoms with van der Waals surface area (Å²) in [6.07, 6.45) is 7.49. The van der Waals surface area contributed by atoms with Crippen molar-refractivity contribution in [1.29, 1.82) is 0 Å². The minimum atomic E-state index is -0.690. The minimum absolute atomic E-state index is 0.106. The lowest BCUT2D eigenvalue weighted by molar-refractivity contribution is -0.136. The molecule has 7 rings (SSSR count). The lowest BCUT2D eigenvalue weighted by Gasteiger charge is -2.30. The Hall–Kier alpha value is -6.03. The number of likely N-dealkylation sites (tertiary alicyclic amines) is 2. The zero-order valence-corrected chi connectivity index (χ0v) is 35.0. The first-order chi connectivity index (χ1) is 28.4. The summed E-state index contributed by atoms with van der Waals surface area (Å²) in [4.78, 5) is 76.6. The van der Waals surface area contributed by atoms with Gasteiger partial charge in [-0.1, -0.05) is 76.2 Å². The topological polar surface area (TPSA) is 188 Å².